The van der Waals surface area contributed by atoms with Crippen LogP contribution < -0.4 is 11.0 Å². The molecule has 1 aromatic heterocycles. The minimum Gasteiger partial charge on any atom is -0.266 e. The number of benzene rings is 2. The minimum atomic E-state index is -0.771. The zero-order valence-corrected chi connectivity index (χ0v) is 17.6. The lowest BCUT2D eigenvalue weighted by atomic mass is 10.1. The number of hydrazone groups is 1. The van der Waals surface area contributed by atoms with Crippen molar-refractivity contribution >= 4 is 29.4 Å². The van der Waals surface area contributed by atoms with E-state index >= 15 is 0 Å². The smallest absolute Gasteiger partial charge is 0.266 e. The summed E-state index contributed by atoms with van der Waals surface area (Å²) in [5, 5.41) is 28.6. The number of non-ortho nitro benzene ring substituents is 1. The highest BCUT2D eigenvalue weighted by Crippen LogP contribution is 2.19. The molecule has 1 amide bonds. The molecule has 0 spiro atoms. The van der Waals surface area contributed by atoms with E-state index in [1.807, 2.05) is 0 Å². The molecule has 0 saturated carbocycles. The average Bonchev–Trinajstić information content (AvgIpc) is 2.76. The van der Waals surface area contributed by atoms with Gasteiger partial charge in [0.2, 0.25) is 0 Å². The second kappa shape index (κ2) is 9.20. The van der Waals surface area contributed by atoms with Crippen LogP contribution in [0.25, 0.3) is 5.69 Å². The Labute approximate surface area is 186 Å². The van der Waals surface area contributed by atoms with Crippen LogP contribution in [0.3, 0.4) is 0 Å². The Hall–Kier alpha value is -4.36. The van der Waals surface area contributed by atoms with Gasteiger partial charge < -0.3 is 0 Å². The first-order valence-electron chi connectivity index (χ1n) is 9.11. The van der Waals surface area contributed by atoms with E-state index in [1.54, 1.807) is 31.2 Å². The van der Waals surface area contributed by atoms with E-state index in [-0.39, 0.29) is 28.2 Å². The first-order chi connectivity index (χ1) is 15.2. The van der Waals surface area contributed by atoms with E-state index in [0.29, 0.717) is 10.6 Å². The summed E-state index contributed by atoms with van der Waals surface area (Å²) in [5.41, 5.74) is 2.56. The second-order valence-corrected chi connectivity index (χ2v) is 7.07. The maximum Gasteiger partial charge on any atom is 0.292 e. The third-order valence-corrected chi connectivity index (χ3v) is 4.93. The van der Waals surface area contributed by atoms with Crippen molar-refractivity contribution in [1.82, 2.24) is 15.2 Å². The van der Waals surface area contributed by atoms with Gasteiger partial charge in [0.05, 0.1) is 16.8 Å². The molecule has 1 heterocycles. The second-order valence-electron chi connectivity index (χ2n) is 6.66. The molecule has 3 rings (SSSR count). The zero-order chi connectivity index (χ0) is 23.4. The maximum absolute atomic E-state index is 12.7. The Balaban J connectivity index is 1.96. The summed E-state index contributed by atoms with van der Waals surface area (Å²) in [6.45, 7) is 3.22. The van der Waals surface area contributed by atoms with Gasteiger partial charge in [-0.05, 0) is 31.5 Å². The fraction of sp³-hybridized carbons (Fsp3) is 0.0952. The summed E-state index contributed by atoms with van der Waals surface area (Å²) in [7, 11) is 0. The van der Waals surface area contributed by atoms with Crippen LogP contribution in [0.4, 0.5) is 5.69 Å². The van der Waals surface area contributed by atoms with Gasteiger partial charge in [-0.2, -0.15) is 20.1 Å². The van der Waals surface area contributed by atoms with Gasteiger partial charge in [0.25, 0.3) is 17.2 Å². The van der Waals surface area contributed by atoms with Crippen LogP contribution in [-0.2, 0) is 0 Å². The number of nitriles is 1. The lowest BCUT2D eigenvalue weighted by Crippen LogP contribution is -2.31. The number of hydrogen-bond donors (Lipinski definition) is 1. The Morgan fingerprint density at radius 3 is 2.72 bits per heavy atom. The summed E-state index contributed by atoms with van der Waals surface area (Å²) in [6.07, 6.45) is 1.22. The van der Waals surface area contributed by atoms with Crippen LogP contribution in [0.2, 0.25) is 5.02 Å². The van der Waals surface area contributed by atoms with Crippen molar-refractivity contribution in [3.63, 3.8) is 0 Å². The van der Waals surface area contributed by atoms with E-state index in [1.165, 1.54) is 37.4 Å². The molecule has 0 unspecified atom stereocenters. The minimum absolute atomic E-state index is 0.0926. The van der Waals surface area contributed by atoms with E-state index in [4.69, 9.17) is 11.6 Å². The van der Waals surface area contributed by atoms with Crippen molar-refractivity contribution in [3.05, 3.63) is 95.9 Å². The summed E-state index contributed by atoms with van der Waals surface area (Å²) < 4.78 is 0.927. The van der Waals surface area contributed by atoms with Gasteiger partial charge in [-0.15, -0.1) is 0 Å². The number of aryl methyl sites for hydroxylation is 1. The number of nitro groups is 1. The van der Waals surface area contributed by atoms with Gasteiger partial charge >= 0.3 is 0 Å². The molecule has 11 heteroatoms. The van der Waals surface area contributed by atoms with Gasteiger partial charge in [-0.1, -0.05) is 29.8 Å². The third-order valence-electron chi connectivity index (χ3n) is 4.52. The Morgan fingerprint density at radius 1 is 1.31 bits per heavy atom. The van der Waals surface area contributed by atoms with Gasteiger partial charge in [0.1, 0.15) is 11.6 Å². The number of halogens is 1. The van der Waals surface area contributed by atoms with Crippen molar-refractivity contribution in [3.8, 4) is 11.8 Å². The lowest BCUT2D eigenvalue weighted by Gasteiger charge is -2.11. The molecule has 0 aliphatic heterocycles. The molecule has 0 atom stereocenters. The van der Waals surface area contributed by atoms with Crippen molar-refractivity contribution in [2.75, 3.05) is 0 Å². The molecule has 0 saturated heterocycles. The highest BCUT2D eigenvalue weighted by molar-refractivity contribution is 6.31. The van der Waals surface area contributed by atoms with Crippen LogP contribution in [0.15, 0.2) is 52.4 Å². The molecule has 10 nitrogen and oxygen atoms in total. The molecule has 32 heavy (non-hydrogen) atoms. The number of nitrogens with one attached hydrogen (secondary N) is 1. The highest BCUT2D eigenvalue weighted by atomic mass is 35.5. The topological polar surface area (TPSA) is 143 Å². The molecule has 3 aromatic rings. The van der Waals surface area contributed by atoms with Crippen molar-refractivity contribution in [2.45, 2.75) is 13.8 Å². The molecule has 0 bridgehead atoms. The molecule has 0 fully saturated rings. The van der Waals surface area contributed by atoms with Crippen molar-refractivity contribution < 1.29 is 9.72 Å². The van der Waals surface area contributed by atoms with E-state index in [9.17, 15) is 25.0 Å². The quantitative estimate of drug-likeness (QED) is 0.359. The van der Waals surface area contributed by atoms with Gasteiger partial charge in [-0.25, -0.2) is 5.43 Å². The molecule has 160 valence electrons. The number of rotatable bonds is 5. The van der Waals surface area contributed by atoms with Crippen LogP contribution in [0.1, 0.15) is 32.7 Å². The molecule has 2 aromatic carbocycles. The molecule has 0 aliphatic rings. The SMILES string of the molecule is Cc1ccc(-n2nc(C(=O)N/N=C/c3cccc([N+](=O)[O-])c3)c(C)c(C#N)c2=O)cc1Cl. The van der Waals surface area contributed by atoms with E-state index < -0.39 is 16.4 Å². The van der Waals surface area contributed by atoms with Crippen molar-refractivity contribution in [1.29, 1.82) is 5.26 Å². The third kappa shape index (κ3) is 4.53. The highest BCUT2D eigenvalue weighted by Gasteiger charge is 2.20. The largest absolute Gasteiger partial charge is 0.292 e. The van der Waals surface area contributed by atoms with Crippen LogP contribution in [0, 0.1) is 35.3 Å². The summed E-state index contributed by atoms with van der Waals surface area (Å²) in [6, 6.07) is 12.2. The number of nitro benzene ring substituents is 1. The molecular formula is C21H15ClN6O4. The number of amides is 1. The van der Waals surface area contributed by atoms with E-state index in [0.717, 1.165) is 10.2 Å². The fourth-order valence-corrected chi connectivity index (χ4v) is 2.95. The molecule has 0 aliphatic carbocycles. The summed E-state index contributed by atoms with van der Waals surface area (Å²) in [5.74, 6) is -0.771. The molecule has 1 N–H and O–H groups in total. The van der Waals surface area contributed by atoms with Crippen LogP contribution >= 0.6 is 11.6 Å². The molecular weight excluding hydrogens is 436 g/mol. The Kier molecular flexibility index (Phi) is 6.42. The van der Waals surface area contributed by atoms with Crippen LogP contribution in [-0.4, -0.2) is 26.8 Å². The standard InChI is InChI=1S/C21H15ClN6O4/c1-12-6-7-15(9-18(12)22)27-21(30)17(10-23)13(2)19(26-27)20(29)25-24-11-14-4-3-5-16(8-14)28(31)32/h3-9,11H,1-2H3,(H,25,29)/b24-11+. The number of hydrogen-bond acceptors (Lipinski definition) is 7. The van der Waals surface area contributed by atoms with Gasteiger partial charge in [0, 0.05) is 28.3 Å². The van der Waals surface area contributed by atoms with Gasteiger partial charge in [-0.3, -0.25) is 19.7 Å². The van der Waals surface area contributed by atoms with Crippen molar-refractivity contribution in [2.24, 2.45) is 5.10 Å². The zero-order valence-electron chi connectivity index (χ0n) is 16.9. The van der Waals surface area contributed by atoms with E-state index in [2.05, 4.69) is 15.6 Å². The Bertz CT molecular complexity index is 1370. The fourth-order valence-electron chi connectivity index (χ4n) is 2.78. The lowest BCUT2D eigenvalue weighted by molar-refractivity contribution is -0.384. The average molecular weight is 451 g/mol. The Morgan fingerprint density at radius 2 is 2.06 bits per heavy atom. The first kappa shape index (κ1) is 22.3. The summed E-state index contributed by atoms with van der Waals surface area (Å²) in [4.78, 5) is 35.7. The number of aromatic nitrogens is 2. The number of carbonyl (C=O) groups excluding carboxylic acids is 1. The van der Waals surface area contributed by atoms with Gasteiger partial charge in [0.15, 0.2) is 5.69 Å². The van der Waals surface area contributed by atoms with Crippen LogP contribution in [0.5, 0.6) is 0 Å². The predicted octanol–water partition coefficient (Wildman–Crippen LogP) is 3.05. The maximum atomic E-state index is 12.7. The predicted molar refractivity (Wildman–Crippen MR) is 117 cm³/mol. The monoisotopic (exact) mass is 450 g/mol. The number of carbonyl (C=O) groups is 1. The number of nitrogens with zero attached hydrogens (tertiary/aromatic N) is 5. The summed E-state index contributed by atoms with van der Waals surface area (Å²) >= 11 is 6.13. The first-order valence-corrected chi connectivity index (χ1v) is 9.49. The normalized spacial score (nSPS) is 10.7. The molecule has 0 radical (unpaired) electrons.